The Morgan fingerprint density at radius 1 is 1.14 bits per heavy atom. The number of rotatable bonds is 2. The van der Waals surface area contributed by atoms with Crippen molar-refractivity contribution < 1.29 is 9.53 Å². The Hall–Kier alpha value is -1.69. The number of ether oxygens (including phenoxy) is 1. The molecule has 1 saturated heterocycles. The van der Waals surface area contributed by atoms with Crippen LogP contribution in [0.4, 0.5) is 5.95 Å². The van der Waals surface area contributed by atoms with Crippen molar-refractivity contribution in [3.05, 3.63) is 17.5 Å². The van der Waals surface area contributed by atoms with Gasteiger partial charge in [0.1, 0.15) is 0 Å². The Morgan fingerprint density at radius 2 is 1.91 bits per heavy atom. The van der Waals surface area contributed by atoms with E-state index in [2.05, 4.69) is 14.9 Å². The van der Waals surface area contributed by atoms with E-state index in [4.69, 9.17) is 4.74 Å². The first-order chi connectivity index (χ1) is 10.8. The minimum Gasteiger partial charge on any atom is -0.378 e. The van der Waals surface area contributed by atoms with E-state index in [1.54, 1.807) is 6.20 Å². The number of hydrogen-bond donors (Lipinski definition) is 0. The van der Waals surface area contributed by atoms with E-state index in [0.29, 0.717) is 31.4 Å². The van der Waals surface area contributed by atoms with Gasteiger partial charge in [-0.1, -0.05) is 19.3 Å². The summed E-state index contributed by atoms with van der Waals surface area (Å²) < 4.78 is 5.37. The van der Waals surface area contributed by atoms with Crippen molar-refractivity contribution in [2.75, 3.05) is 31.2 Å². The molecule has 1 aromatic heterocycles. The van der Waals surface area contributed by atoms with E-state index < -0.39 is 0 Å². The number of hydrogen-bond acceptors (Lipinski definition) is 5. The summed E-state index contributed by atoms with van der Waals surface area (Å²) >= 11 is 0. The molecule has 4 rings (SSSR count). The van der Waals surface area contributed by atoms with Crippen LogP contribution in [-0.4, -0.2) is 53.1 Å². The molecule has 0 atom stereocenters. The Balaban J connectivity index is 1.54. The van der Waals surface area contributed by atoms with Crippen LogP contribution in [0.15, 0.2) is 6.20 Å². The zero-order chi connectivity index (χ0) is 14.9. The zero-order valence-electron chi connectivity index (χ0n) is 12.8. The number of nitrogens with zero attached hydrogens (tertiary/aromatic N) is 4. The molecule has 0 unspecified atom stereocenters. The quantitative estimate of drug-likeness (QED) is 0.830. The summed E-state index contributed by atoms with van der Waals surface area (Å²) in [5.41, 5.74) is 1.59. The average molecular weight is 302 g/mol. The van der Waals surface area contributed by atoms with E-state index in [9.17, 15) is 4.79 Å². The van der Waals surface area contributed by atoms with Gasteiger partial charge < -0.3 is 14.5 Å². The molecule has 0 radical (unpaired) electrons. The lowest BCUT2D eigenvalue weighted by molar-refractivity contribution is 0.0659. The molecule has 1 aliphatic carbocycles. The lowest BCUT2D eigenvalue weighted by Crippen LogP contribution is -2.37. The first kappa shape index (κ1) is 13.9. The summed E-state index contributed by atoms with van der Waals surface area (Å²) in [5.74, 6) is 0.857. The van der Waals surface area contributed by atoms with Crippen LogP contribution in [0.1, 0.15) is 48.2 Å². The maximum absolute atomic E-state index is 12.6. The third-order valence-corrected chi connectivity index (χ3v) is 4.98. The second-order valence-corrected chi connectivity index (χ2v) is 6.35. The van der Waals surface area contributed by atoms with Crippen molar-refractivity contribution in [1.82, 2.24) is 14.9 Å². The SMILES string of the molecule is O=C1c2cnc(N3CCOCC3)nc2CN1C1CCCCC1. The van der Waals surface area contributed by atoms with E-state index in [0.717, 1.165) is 37.6 Å². The van der Waals surface area contributed by atoms with E-state index in [1.807, 2.05) is 4.90 Å². The number of morpholine rings is 1. The van der Waals surface area contributed by atoms with Gasteiger partial charge in [0.15, 0.2) is 0 Å². The van der Waals surface area contributed by atoms with Crippen molar-refractivity contribution in [3.63, 3.8) is 0 Å². The van der Waals surface area contributed by atoms with Crippen LogP contribution in [0.2, 0.25) is 0 Å². The minimum atomic E-state index is 0.121. The second kappa shape index (κ2) is 5.83. The van der Waals surface area contributed by atoms with Crippen molar-refractivity contribution in [1.29, 1.82) is 0 Å². The molecule has 1 aromatic rings. The molecule has 0 spiro atoms. The molecular formula is C16H22N4O2. The van der Waals surface area contributed by atoms with Gasteiger partial charge in [-0.3, -0.25) is 4.79 Å². The van der Waals surface area contributed by atoms with Crippen molar-refractivity contribution in [3.8, 4) is 0 Å². The highest BCUT2D eigenvalue weighted by Crippen LogP contribution is 2.30. The lowest BCUT2D eigenvalue weighted by atomic mass is 9.94. The van der Waals surface area contributed by atoms with E-state index in [-0.39, 0.29) is 5.91 Å². The molecular weight excluding hydrogens is 280 g/mol. The van der Waals surface area contributed by atoms with Crippen LogP contribution in [0.5, 0.6) is 0 Å². The molecule has 6 heteroatoms. The van der Waals surface area contributed by atoms with Gasteiger partial charge in [-0.2, -0.15) is 0 Å². The number of aromatic nitrogens is 2. The summed E-state index contributed by atoms with van der Waals surface area (Å²) in [4.78, 5) is 25.8. The standard InChI is InChI=1S/C16H22N4O2/c21-15-13-10-17-16(19-6-8-22-9-7-19)18-14(13)11-20(15)12-4-2-1-3-5-12/h10,12H,1-9,11H2. The van der Waals surface area contributed by atoms with Crippen molar-refractivity contribution >= 4 is 11.9 Å². The molecule has 0 aromatic carbocycles. The maximum Gasteiger partial charge on any atom is 0.257 e. The molecule has 1 saturated carbocycles. The average Bonchev–Trinajstić information content (AvgIpc) is 2.93. The third-order valence-electron chi connectivity index (χ3n) is 4.98. The Morgan fingerprint density at radius 3 is 2.68 bits per heavy atom. The molecule has 2 fully saturated rings. The molecule has 0 N–H and O–H groups in total. The molecule has 0 bridgehead atoms. The van der Waals surface area contributed by atoms with E-state index in [1.165, 1.54) is 19.3 Å². The first-order valence-electron chi connectivity index (χ1n) is 8.32. The zero-order valence-corrected chi connectivity index (χ0v) is 12.8. The largest absolute Gasteiger partial charge is 0.378 e. The van der Waals surface area contributed by atoms with Crippen LogP contribution >= 0.6 is 0 Å². The van der Waals surface area contributed by atoms with Crippen LogP contribution in [0, 0.1) is 0 Å². The molecule has 3 heterocycles. The second-order valence-electron chi connectivity index (χ2n) is 6.35. The highest BCUT2D eigenvalue weighted by atomic mass is 16.5. The van der Waals surface area contributed by atoms with Gasteiger partial charge in [0.2, 0.25) is 5.95 Å². The Bertz CT molecular complexity index is 565. The molecule has 1 amide bonds. The summed E-state index contributed by atoms with van der Waals surface area (Å²) in [6, 6.07) is 0.391. The van der Waals surface area contributed by atoms with Gasteiger partial charge >= 0.3 is 0 Å². The summed E-state index contributed by atoms with van der Waals surface area (Å²) in [6.45, 7) is 3.72. The fourth-order valence-electron chi connectivity index (χ4n) is 3.70. The monoisotopic (exact) mass is 302 g/mol. The van der Waals surface area contributed by atoms with Gasteiger partial charge in [0, 0.05) is 25.3 Å². The summed E-state index contributed by atoms with van der Waals surface area (Å²) in [6.07, 6.45) is 7.74. The number of fused-ring (bicyclic) bond motifs is 1. The van der Waals surface area contributed by atoms with Gasteiger partial charge in [0.05, 0.1) is 31.0 Å². The topological polar surface area (TPSA) is 58.6 Å². The minimum absolute atomic E-state index is 0.121. The smallest absolute Gasteiger partial charge is 0.257 e. The molecule has 118 valence electrons. The number of anilines is 1. The lowest BCUT2D eigenvalue weighted by Gasteiger charge is -2.30. The van der Waals surface area contributed by atoms with Crippen LogP contribution in [-0.2, 0) is 11.3 Å². The predicted octanol–water partition coefficient (Wildman–Crippen LogP) is 1.60. The Labute approximate surface area is 130 Å². The Kier molecular flexibility index (Phi) is 3.70. The molecule has 6 nitrogen and oxygen atoms in total. The highest BCUT2D eigenvalue weighted by Gasteiger charge is 2.35. The first-order valence-corrected chi connectivity index (χ1v) is 8.32. The fraction of sp³-hybridized carbons (Fsp3) is 0.688. The molecule has 22 heavy (non-hydrogen) atoms. The van der Waals surface area contributed by atoms with Crippen molar-refractivity contribution in [2.45, 2.75) is 44.7 Å². The van der Waals surface area contributed by atoms with Crippen molar-refractivity contribution in [2.24, 2.45) is 0 Å². The summed E-state index contributed by atoms with van der Waals surface area (Å²) in [7, 11) is 0. The van der Waals surface area contributed by atoms with Crippen LogP contribution < -0.4 is 4.90 Å². The van der Waals surface area contributed by atoms with Gasteiger partial charge in [-0.05, 0) is 12.8 Å². The van der Waals surface area contributed by atoms with Gasteiger partial charge in [-0.25, -0.2) is 9.97 Å². The van der Waals surface area contributed by atoms with Crippen LogP contribution in [0.25, 0.3) is 0 Å². The molecule has 2 aliphatic heterocycles. The summed E-state index contributed by atoms with van der Waals surface area (Å²) in [5, 5.41) is 0. The maximum atomic E-state index is 12.6. The number of amides is 1. The predicted molar refractivity (Wildman–Crippen MR) is 81.8 cm³/mol. The highest BCUT2D eigenvalue weighted by molar-refractivity contribution is 5.97. The van der Waals surface area contributed by atoms with Gasteiger partial charge in [-0.15, -0.1) is 0 Å². The third kappa shape index (κ3) is 2.45. The fourth-order valence-corrected chi connectivity index (χ4v) is 3.70. The number of carbonyl (C=O) groups excluding carboxylic acids is 1. The number of carbonyl (C=O) groups is 1. The van der Waals surface area contributed by atoms with E-state index >= 15 is 0 Å². The van der Waals surface area contributed by atoms with Crippen LogP contribution in [0.3, 0.4) is 0 Å². The normalized spacial score (nSPS) is 23.0. The molecule has 3 aliphatic rings. The van der Waals surface area contributed by atoms with Gasteiger partial charge in [0.25, 0.3) is 5.91 Å².